The maximum absolute atomic E-state index is 10.5. The second-order valence-corrected chi connectivity index (χ2v) is 7.33. The summed E-state index contributed by atoms with van der Waals surface area (Å²) >= 11 is 0. The van der Waals surface area contributed by atoms with E-state index in [9.17, 15) is 4.79 Å². The van der Waals surface area contributed by atoms with Gasteiger partial charge in [-0.25, -0.2) is 0 Å². The molecule has 1 aliphatic rings. The molecular weight excluding hydrogens is 298 g/mol. The molecule has 138 valence electrons. The van der Waals surface area contributed by atoms with E-state index < -0.39 is 0 Å². The van der Waals surface area contributed by atoms with E-state index in [-0.39, 0.29) is 5.92 Å². The minimum absolute atomic E-state index is 0.382. The van der Waals surface area contributed by atoms with Crippen molar-refractivity contribution in [2.75, 3.05) is 6.61 Å². The molecule has 1 fully saturated rings. The summed E-state index contributed by atoms with van der Waals surface area (Å²) in [7, 11) is 0. The molecule has 0 saturated heterocycles. The summed E-state index contributed by atoms with van der Waals surface area (Å²) < 4.78 is 5.96. The van der Waals surface area contributed by atoms with Gasteiger partial charge in [0.1, 0.15) is 12.2 Å². The maximum Gasteiger partial charge on any atom is 0.137 e. The highest BCUT2D eigenvalue weighted by atomic mass is 16.5. The lowest BCUT2D eigenvalue weighted by molar-refractivity contribution is -0.109. The van der Waals surface area contributed by atoms with Gasteiger partial charge >= 0.3 is 0 Å². The fourth-order valence-electron chi connectivity index (χ4n) is 3.53. The van der Waals surface area contributed by atoms with Gasteiger partial charge in [-0.1, -0.05) is 77.0 Å². The third-order valence-corrected chi connectivity index (χ3v) is 5.15. The van der Waals surface area contributed by atoms with Crippen LogP contribution in [0.15, 0.2) is 0 Å². The van der Waals surface area contributed by atoms with Gasteiger partial charge in [-0.15, -0.1) is 0 Å². The predicted molar refractivity (Wildman–Crippen MR) is 98.8 cm³/mol. The van der Waals surface area contributed by atoms with Crippen molar-refractivity contribution in [3.8, 4) is 6.07 Å². The maximum atomic E-state index is 10.5. The van der Waals surface area contributed by atoms with Gasteiger partial charge in [0.05, 0.1) is 12.2 Å². The summed E-state index contributed by atoms with van der Waals surface area (Å²) in [6, 6.07) is 2.03. The molecule has 0 bridgehead atoms. The minimum Gasteiger partial charge on any atom is -0.378 e. The second kappa shape index (κ2) is 15.6. The zero-order valence-corrected chi connectivity index (χ0v) is 15.5. The number of nitriles is 1. The average Bonchev–Trinajstić information content (AvgIpc) is 2.63. The van der Waals surface area contributed by atoms with E-state index in [1.807, 2.05) is 6.07 Å². The highest BCUT2D eigenvalue weighted by Crippen LogP contribution is 2.20. The van der Waals surface area contributed by atoms with Gasteiger partial charge < -0.3 is 9.53 Å². The first kappa shape index (κ1) is 21.2. The largest absolute Gasteiger partial charge is 0.378 e. The number of unbranched alkanes of at least 4 members (excludes halogenated alkanes) is 9. The molecule has 1 rings (SSSR count). The van der Waals surface area contributed by atoms with E-state index in [0.29, 0.717) is 6.10 Å². The highest BCUT2D eigenvalue weighted by Gasteiger charge is 2.12. The van der Waals surface area contributed by atoms with Gasteiger partial charge in [-0.05, 0) is 25.7 Å². The number of hydrogen-bond donors (Lipinski definition) is 0. The first-order valence-electron chi connectivity index (χ1n) is 10.3. The molecule has 1 unspecified atom stereocenters. The van der Waals surface area contributed by atoms with E-state index >= 15 is 0 Å². The zero-order valence-electron chi connectivity index (χ0n) is 15.5. The molecule has 0 aromatic rings. The lowest BCUT2D eigenvalue weighted by Crippen LogP contribution is -2.17. The number of rotatable bonds is 15. The topological polar surface area (TPSA) is 50.1 Å². The van der Waals surface area contributed by atoms with E-state index in [1.54, 1.807) is 0 Å². The van der Waals surface area contributed by atoms with E-state index in [0.717, 1.165) is 32.2 Å². The van der Waals surface area contributed by atoms with Crippen LogP contribution in [0, 0.1) is 17.2 Å². The number of hydrogen-bond acceptors (Lipinski definition) is 3. The fourth-order valence-corrected chi connectivity index (χ4v) is 3.53. The Morgan fingerprint density at radius 1 is 0.875 bits per heavy atom. The number of ether oxygens (including phenoxy) is 1. The molecule has 0 aliphatic heterocycles. The van der Waals surface area contributed by atoms with Crippen LogP contribution in [-0.2, 0) is 9.53 Å². The first-order valence-corrected chi connectivity index (χ1v) is 10.3. The normalized spacial score (nSPS) is 16.6. The molecule has 0 N–H and O–H groups in total. The van der Waals surface area contributed by atoms with Crippen LogP contribution in [0.25, 0.3) is 0 Å². The molecule has 0 aromatic heterocycles. The van der Waals surface area contributed by atoms with E-state index in [1.165, 1.54) is 83.5 Å². The number of carbonyl (C=O) groups excluding carboxylic acids is 1. The third kappa shape index (κ3) is 11.6. The Labute approximate surface area is 149 Å². The zero-order chi connectivity index (χ0) is 17.3. The number of nitrogens with zero attached hydrogens (tertiary/aromatic N) is 1. The first-order chi connectivity index (χ1) is 11.9. The van der Waals surface area contributed by atoms with Crippen LogP contribution in [0.4, 0.5) is 0 Å². The molecular formula is C21H37NO2. The van der Waals surface area contributed by atoms with Gasteiger partial charge in [-0.3, -0.25) is 0 Å². The van der Waals surface area contributed by atoms with Gasteiger partial charge in [-0.2, -0.15) is 5.26 Å². The van der Waals surface area contributed by atoms with Gasteiger partial charge in [0.15, 0.2) is 0 Å². The van der Waals surface area contributed by atoms with Crippen LogP contribution < -0.4 is 0 Å². The Morgan fingerprint density at radius 2 is 1.42 bits per heavy atom. The Balaban J connectivity index is 1.73. The van der Waals surface area contributed by atoms with Crippen LogP contribution >= 0.6 is 0 Å². The van der Waals surface area contributed by atoms with Crippen molar-refractivity contribution in [3.05, 3.63) is 0 Å². The highest BCUT2D eigenvalue weighted by molar-refractivity contribution is 5.57. The van der Waals surface area contributed by atoms with Crippen LogP contribution in [0.1, 0.15) is 103 Å². The Hall–Kier alpha value is -0.880. The molecule has 24 heavy (non-hydrogen) atoms. The Morgan fingerprint density at radius 3 is 1.96 bits per heavy atom. The molecule has 1 aliphatic carbocycles. The Bertz CT molecular complexity index is 331. The summed E-state index contributed by atoms with van der Waals surface area (Å²) in [6.07, 6.45) is 21.4. The van der Waals surface area contributed by atoms with Crippen molar-refractivity contribution in [3.63, 3.8) is 0 Å². The lowest BCUT2D eigenvalue weighted by Gasteiger charge is -2.21. The standard InChI is InChI=1S/C21H37NO2/c22-18-20(19-23)14-10-7-5-3-1-2-4-6-8-13-17-24-21-15-11-9-12-16-21/h19-21H,1-17H2. The quantitative estimate of drug-likeness (QED) is 0.274. The second-order valence-electron chi connectivity index (χ2n) is 7.33. The molecule has 1 atom stereocenters. The third-order valence-electron chi connectivity index (χ3n) is 5.15. The van der Waals surface area contributed by atoms with E-state index in [2.05, 4.69) is 0 Å². The summed E-state index contributed by atoms with van der Waals surface area (Å²) in [5.74, 6) is -0.382. The van der Waals surface area contributed by atoms with Crippen molar-refractivity contribution in [1.29, 1.82) is 5.26 Å². The van der Waals surface area contributed by atoms with Crippen molar-refractivity contribution in [1.82, 2.24) is 0 Å². The number of aldehydes is 1. The lowest BCUT2D eigenvalue weighted by atomic mass is 9.98. The van der Waals surface area contributed by atoms with Crippen LogP contribution in [-0.4, -0.2) is 19.0 Å². The summed E-state index contributed by atoms with van der Waals surface area (Å²) in [4.78, 5) is 10.5. The molecule has 0 radical (unpaired) electrons. The summed E-state index contributed by atoms with van der Waals surface area (Å²) in [5, 5.41) is 8.68. The van der Waals surface area contributed by atoms with Gasteiger partial charge in [0.2, 0.25) is 0 Å². The van der Waals surface area contributed by atoms with Gasteiger partial charge in [0, 0.05) is 6.61 Å². The van der Waals surface area contributed by atoms with Crippen LogP contribution in [0.5, 0.6) is 0 Å². The fraction of sp³-hybridized carbons (Fsp3) is 0.905. The van der Waals surface area contributed by atoms with Crippen molar-refractivity contribution in [2.24, 2.45) is 5.92 Å². The molecule has 0 heterocycles. The van der Waals surface area contributed by atoms with Crippen molar-refractivity contribution in [2.45, 2.75) is 109 Å². The van der Waals surface area contributed by atoms with Crippen LogP contribution in [0.2, 0.25) is 0 Å². The molecule has 0 aromatic carbocycles. The average molecular weight is 336 g/mol. The molecule has 3 nitrogen and oxygen atoms in total. The van der Waals surface area contributed by atoms with Crippen molar-refractivity contribution < 1.29 is 9.53 Å². The SMILES string of the molecule is N#CC(C=O)CCCCCCCCCCCCOC1CCCCC1. The predicted octanol–water partition coefficient (Wildman–Crippen LogP) is 5.97. The van der Waals surface area contributed by atoms with Crippen LogP contribution in [0.3, 0.4) is 0 Å². The summed E-state index contributed by atoms with van der Waals surface area (Å²) in [5.41, 5.74) is 0. The Kier molecular flexibility index (Phi) is 13.8. The summed E-state index contributed by atoms with van der Waals surface area (Å²) in [6.45, 7) is 0.967. The molecule has 0 amide bonds. The van der Waals surface area contributed by atoms with Crippen molar-refractivity contribution >= 4 is 6.29 Å². The van der Waals surface area contributed by atoms with Gasteiger partial charge in [0.25, 0.3) is 0 Å². The molecule has 1 saturated carbocycles. The molecule has 0 spiro atoms. The van der Waals surface area contributed by atoms with E-state index in [4.69, 9.17) is 10.00 Å². The minimum atomic E-state index is -0.382. The monoisotopic (exact) mass is 335 g/mol. The smallest absolute Gasteiger partial charge is 0.137 e. The number of carbonyl (C=O) groups is 1. The molecule has 3 heteroatoms.